The predicted molar refractivity (Wildman–Crippen MR) is 76.9 cm³/mol. The molecule has 0 spiro atoms. The number of nitrogens with two attached hydrogens (primary N) is 1. The standard InChI is InChI=1S/C13H19NO5.ClH/c1-16-10-6-5-8(9(14)7-11(15)17-2)12(18-3)13(10)19-4;/h5-6,9H,7,14H2,1-4H3;1H/t9-;/m0./s1. The molecule has 0 aliphatic carbocycles. The highest BCUT2D eigenvalue weighted by molar-refractivity contribution is 5.85. The molecule has 0 bridgehead atoms. The van der Waals surface area contributed by atoms with Gasteiger partial charge in [0.15, 0.2) is 11.5 Å². The molecule has 0 aliphatic rings. The van der Waals surface area contributed by atoms with Gasteiger partial charge in [0.05, 0.1) is 34.9 Å². The van der Waals surface area contributed by atoms with Gasteiger partial charge in [0.25, 0.3) is 0 Å². The van der Waals surface area contributed by atoms with E-state index in [0.29, 0.717) is 22.8 Å². The molecular formula is C13H20ClNO5. The Morgan fingerprint density at radius 1 is 1.10 bits per heavy atom. The normalized spacial score (nSPS) is 11.1. The lowest BCUT2D eigenvalue weighted by atomic mass is 10.0. The van der Waals surface area contributed by atoms with Gasteiger partial charge in [-0.1, -0.05) is 0 Å². The molecule has 0 unspecified atom stereocenters. The fraction of sp³-hybridized carbons (Fsp3) is 0.462. The minimum atomic E-state index is -0.540. The highest BCUT2D eigenvalue weighted by atomic mass is 35.5. The third kappa shape index (κ3) is 3.91. The largest absolute Gasteiger partial charge is 0.493 e. The van der Waals surface area contributed by atoms with E-state index in [1.54, 1.807) is 12.1 Å². The molecule has 2 N–H and O–H groups in total. The van der Waals surface area contributed by atoms with Gasteiger partial charge in [-0.25, -0.2) is 0 Å². The van der Waals surface area contributed by atoms with Gasteiger partial charge in [-0.15, -0.1) is 12.4 Å². The predicted octanol–water partition coefficient (Wildman–Crippen LogP) is 1.70. The van der Waals surface area contributed by atoms with Gasteiger partial charge in [-0.2, -0.15) is 0 Å². The maximum absolute atomic E-state index is 11.3. The molecule has 114 valence electrons. The molecule has 0 saturated carbocycles. The van der Waals surface area contributed by atoms with E-state index in [1.807, 2.05) is 0 Å². The Hall–Kier alpha value is -1.66. The van der Waals surface area contributed by atoms with Crippen LogP contribution in [-0.2, 0) is 9.53 Å². The van der Waals surface area contributed by atoms with Gasteiger partial charge in [-0.3, -0.25) is 4.79 Å². The average molecular weight is 306 g/mol. The number of ether oxygens (including phenoxy) is 4. The van der Waals surface area contributed by atoms with E-state index >= 15 is 0 Å². The van der Waals surface area contributed by atoms with Crippen LogP contribution in [-0.4, -0.2) is 34.4 Å². The van der Waals surface area contributed by atoms with Crippen LogP contribution in [0.2, 0.25) is 0 Å². The third-order valence-electron chi connectivity index (χ3n) is 2.75. The van der Waals surface area contributed by atoms with Crippen molar-refractivity contribution < 1.29 is 23.7 Å². The summed E-state index contributed by atoms with van der Waals surface area (Å²) in [5.41, 5.74) is 6.64. The highest BCUT2D eigenvalue weighted by Gasteiger charge is 2.21. The van der Waals surface area contributed by atoms with Gasteiger partial charge < -0.3 is 24.7 Å². The number of rotatable bonds is 6. The Labute approximate surface area is 124 Å². The van der Waals surface area contributed by atoms with Crippen LogP contribution < -0.4 is 19.9 Å². The summed E-state index contributed by atoms with van der Waals surface area (Å²) in [6, 6.07) is 2.92. The van der Waals surface area contributed by atoms with E-state index in [4.69, 9.17) is 19.9 Å². The second kappa shape index (κ2) is 8.50. The van der Waals surface area contributed by atoms with Gasteiger partial charge in [0.2, 0.25) is 5.75 Å². The first-order valence-electron chi connectivity index (χ1n) is 5.70. The van der Waals surface area contributed by atoms with E-state index < -0.39 is 6.04 Å². The number of hydrogen-bond donors (Lipinski definition) is 1. The maximum Gasteiger partial charge on any atom is 0.307 e. The van der Waals surface area contributed by atoms with Crippen molar-refractivity contribution >= 4 is 18.4 Å². The maximum atomic E-state index is 11.3. The highest BCUT2D eigenvalue weighted by Crippen LogP contribution is 2.42. The number of carbonyl (C=O) groups excluding carboxylic acids is 1. The zero-order valence-corrected chi connectivity index (χ0v) is 12.8. The van der Waals surface area contributed by atoms with Crippen LogP contribution in [0.15, 0.2) is 12.1 Å². The summed E-state index contributed by atoms with van der Waals surface area (Å²) in [4.78, 5) is 11.3. The Morgan fingerprint density at radius 2 is 1.70 bits per heavy atom. The second-order valence-electron chi connectivity index (χ2n) is 3.81. The first kappa shape index (κ1) is 18.3. The fourth-order valence-electron chi connectivity index (χ4n) is 1.79. The molecule has 1 atom stereocenters. The molecule has 1 aromatic rings. The molecule has 20 heavy (non-hydrogen) atoms. The van der Waals surface area contributed by atoms with Crippen molar-refractivity contribution in [3.63, 3.8) is 0 Å². The van der Waals surface area contributed by atoms with Gasteiger partial charge >= 0.3 is 5.97 Å². The molecule has 0 aromatic heterocycles. The fourth-order valence-corrected chi connectivity index (χ4v) is 1.79. The minimum Gasteiger partial charge on any atom is -0.493 e. The van der Waals surface area contributed by atoms with E-state index in [1.165, 1.54) is 28.4 Å². The number of carbonyl (C=O) groups is 1. The summed E-state index contributed by atoms with van der Waals surface area (Å²) < 4.78 is 20.3. The summed E-state index contributed by atoms with van der Waals surface area (Å²) in [7, 11) is 5.87. The van der Waals surface area contributed by atoms with E-state index in [-0.39, 0.29) is 24.8 Å². The van der Waals surface area contributed by atoms with E-state index in [9.17, 15) is 4.79 Å². The summed E-state index contributed by atoms with van der Waals surface area (Å²) in [5.74, 6) is 1.05. The number of esters is 1. The lowest BCUT2D eigenvalue weighted by Gasteiger charge is -2.19. The Morgan fingerprint density at radius 3 is 2.15 bits per heavy atom. The van der Waals surface area contributed by atoms with Crippen LogP contribution in [0.4, 0.5) is 0 Å². The third-order valence-corrected chi connectivity index (χ3v) is 2.75. The van der Waals surface area contributed by atoms with Gasteiger partial charge in [-0.05, 0) is 12.1 Å². The molecule has 0 amide bonds. The van der Waals surface area contributed by atoms with Crippen LogP contribution >= 0.6 is 12.4 Å². The molecule has 6 nitrogen and oxygen atoms in total. The molecule has 7 heteroatoms. The second-order valence-corrected chi connectivity index (χ2v) is 3.81. The van der Waals surface area contributed by atoms with Crippen molar-refractivity contribution in [1.82, 2.24) is 0 Å². The Bertz CT molecular complexity index is 453. The molecular weight excluding hydrogens is 286 g/mol. The molecule has 0 heterocycles. The summed E-state index contributed by atoms with van der Waals surface area (Å²) in [6.07, 6.45) is 0.0579. The molecule has 1 rings (SSSR count). The summed E-state index contributed by atoms with van der Waals surface area (Å²) in [6.45, 7) is 0. The molecule has 0 aliphatic heterocycles. The Kier molecular flexibility index (Phi) is 7.79. The SMILES string of the molecule is COC(=O)C[C@H](N)c1ccc(OC)c(OC)c1OC.Cl. The quantitative estimate of drug-likeness (QED) is 0.806. The Balaban J connectivity index is 0.00000361. The van der Waals surface area contributed by atoms with Crippen molar-refractivity contribution in [3.05, 3.63) is 17.7 Å². The number of methoxy groups -OCH3 is 4. The molecule has 0 saturated heterocycles. The first-order chi connectivity index (χ1) is 9.08. The van der Waals surface area contributed by atoms with Crippen molar-refractivity contribution in [2.24, 2.45) is 5.73 Å². The molecule has 0 radical (unpaired) electrons. The molecule has 1 aromatic carbocycles. The zero-order valence-electron chi connectivity index (χ0n) is 12.0. The van der Waals surface area contributed by atoms with Gasteiger partial charge in [0.1, 0.15) is 0 Å². The topological polar surface area (TPSA) is 80.0 Å². The van der Waals surface area contributed by atoms with Crippen LogP contribution in [0.3, 0.4) is 0 Å². The van der Waals surface area contributed by atoms with E-state index in [2.05, 4.69) is 4.74 Å². The summed E-state index contributed by atoms with van der Waals surface area (Å²) in [5, 5.41) is 0. The van der Waals surface area contributed by atoms with Crippen LogP contribution in [0.5, 0.6) is 17.2 Å². The van der Waals surface area contributed by atoms with Crippen LogP contribution in [0, 0.1) is 0 Å². The summed E-state index contributed by atoms with van der Waals surface area (Å²) >= 11 is 0. The van der Waals surface area contributed by atoms with E-state index in [0.717, 1.165) is 0 Å². The van der Waals surface area contributed by atoms with Crippen LogP contribution in [0.25, 0.3) is 0 Å². The van der Waals surface area contributed by atoms with Crippen molar-refractivity contribution in [3.8, 4) is 17.2 Å². The number of benzene rings is 1. The monoisotopic (exact) mass is 305 g/mol. The van der Waals surface area contributed by atoms with Gasteiger partial charge in [0, 0.05) is 11.6 Å². The van der Waals surface area contributed by atoms with Crippen molar-refractivity contribution in [1.29, 1.82) is 0 Å². The smallest absolute Gasteiger partial charge is 0.307 e. The zero-order chi connectivity index (χ0) is 14.4. The number of hydrogen-bond acceptors (Lipinski definition) is 6. The van der Waals surface area contributed by atoms with Crippen molar-refractivity contribution in [2.75, 3.05) is 28.4 Å². The molecule has 0 fully saturated rings. The lowest BCUT2D eigenvalue weighted by Crippen LogP contribution is -2.17. The number of halogens is 1. The first-order valence-corrected chi connectivity index (χ1v) is 5.70. The van der Waals surface area contributed by atoms with Crippen molar-refractivity contribution in [2.45, 2.75) is 12.5 Å². The van der Waals surface area contributed by atoms with Crippen LogP contribution in [0.1, 0.15) is 18.0 Å². The minimum absolute atomic E-state index is 0. The average Bonchev–Trinajstić information content (AvgIpc) is 2.44. The lowest BCUT2D eigenvalue weighted by molar-refractivity contribution is -0.141.